The maximum atomic E-state index is 11.1. The minimum absolute atomic E-state index is 0.124. The van der Waals surface area contributed by atoms with E-state index in [0.717, 1.165) is 23.8 Å². The summed E-state index contributed by atoms with van der Waals surface area (Å²) in [6, 6.07) is 0.463. The number of nitrogens with zero attached hydrogens (tertiary/aromatic N) is 6. The smallest absolute Gasteiger partial charge is 0.358 e. The lowest BCUT2D eigenvalue weighted by atomic mass is 10.4. The molecule has 2 heterocycles. The van der Waals surface area contributed by atoms with Crippen molar-refractivity contribution in [3.63, 3.8) is 0 Å². The average molecular weight is 306 g/mol. The van der Waals surface area contributed by atoms with Crippen LogP contribution in [0.25, 0.3) is 0 Å². The van der Waals surface area contributed by atoms with E-state index in [2.05, 4.69) is 19.7 Å². The molecule has 0 spiro atoms. The number of nitro groups is 1. The lowest BCUT2D eigenvalue weighted by molar-refractivity contribution is -0.392. The summed E-state index contributed by atoms with van der Waals surface area (Å²) in [6.45, 7) is 0. The zero-order valence-corrected chi connectivity index (χ0v) is 12.3. The minimum Gasteiger partial charge on any atom is -0.358 e. The van der Waals surface area contributed by atoms with Crippen LogP contribution in [0.2, 0.25) is 0 Å². The lowest BCUT2D eigenvalue weighted by Gasteiger charge is -2.07. The molecule has 0 radical (unpaired) electrons. The number of aryl methyl sites for hydroxylation is 1. The Kier molecular flexibility index (Phi) is 2.78. The topological polar surface area (TPSA) is 91.7 Å². The van der Waals surface area contributed by atoms with Gasteiger partial charge in [0.1, 0.15) is 5.82 Å². The molecule has 0 saturated heterocycles. The summed E-state index contributed by atoms with van der Waals surface area (Å²) in [5, 5.41) is 20.9. The molecule has 0 aromatic carbocycles. The van der Waals surface area contributed by atoms with E-state index in [-0.39, 0.29) is 5.82 Å². The molecule has 0 unspecified atom stereocenters. The minimum atomic E-state index is -0.456. The SMILES string of the molecule is Cn1cnc([N+](=O)[O-])c1Sc1nnc(C2CC2)n1C1CC1. The van der Waals surface area contributed by atoms with Crippen molar-refractivity contribution in [2.45, 2.75) is 47.8 Å². The average Bonchev–Trinajstić information content (AvgIpc) is 3.37. The number of aromatic nitrogens is 5. The van der Waals surface area contributed by atoms with Gasteiger partial charge in [0, 0.05) is 19.0 Å². The van der Waals surface area contributed by atoms with E-state index in [1.54, 1.807) is 11.6 Å². The van der Waals surface area contributed by atoms with Gasteiger partial charge in [-0.1, -0.05) is 0 Å². The summed E-state index contributed by atoms with van der Waals surface area (Å²) >= 11 is 1.28. The van der Waals surface area contributed by atoms with Gasteiger partial charge in [-0.05, 0) is 47.4 Å². The summed E-state index contributed by atoms with van der Waals surface area (Å²) in [5.74, 6) is 1.44. The lowest BCUT2D eigenvalue weighted by Crippen LogP contribution is -2.02. The monoisotopic (exact) mass is 306 g/mol. The van der Waals surface area contributed by atoms with Gasteiger partial charge in [-0.15, -0.1) is 10.2 Å². The molecule has 2 aliphatic carbocycles. The highest BCUT2D eigenvalue weighted by Gasteiger charge is 2.37. The van der Waals surface area contributed by atoms with Gasteiger partial charge in [-0.25, -0.2) is 0 Å². The Morgan fingerprint density at radius 3 is 2.71 bits per heavy atom. The van der Waals surface area contributed by atoms with E-state index in [1.165, 1.54) is 30.9 Å². The summed E-state index contributed by atoms with van der Waals surface area (Å²) in [4.78, 5) is 14.4. The fourth-order valence-electron chi connectivity index (χ4n) is 2.39. The molecule has 2 aromatic rings. The molecule has 110 valence electrons. The van der Waals surface area contributed by atoms with Crippen molar-refractivity contribution in [2.24, 2.45) is 7.05 Å². The summed E-state index contributed by atoms with van der Waals surface area (Å²) in [6.07, 6.45) is 6.07. The number of rotatable bonds is 5. The fraction of sp³-hybridized carbons (Fsp3) is 0.583. The van der Waals surface area contributed by atoms with Crippen molar-refractivity contribution < 1.29 is 4.92 Å². The van der Waals surface area contributed by atoms with Crippen LogP contribution in [0.4, 0.5) is 5.82 Å². The van der Waals surface area contributed by atoms with E-state index in [4.69, 9.17) is 0 Å². The zero-order valence-electron chi connectivity index (χ0n) is 11.5. The highest BCUT2D eigenvalue weighted by Crippen LogP contribution is 2.47. The van der Waals surface area contributed by atoms with Gasteiger partial charge in [0.25, 0.3) is 0 Å². The van der Waals surface area contributed by atoms with Crippen LogP contribution in [0.1, 0.15) is 43.5 Å². The van der Waals surface area contributed by atoms with E-state index >= 15 is 0 Å². The Morgan fingerprint density at radius 2 is 2.10 bits per heavy atom. The largest absolute Gasteiger partial charge is 0.396 e. The molecule has 0 aliphatic heterocycles. The van der Waals surface area contributed by atoms with Crippen LogP contribution in [-0.2, 0) is 7.05 Å². The second-order valence-electron chi connectivity index (χ2n) is 5.56. The Hall–Kier alpha value is -1.90. The van der Waals surface area contributed by atoms with Crippen molar-refractivity contribution in [3.8, 4) is 0 Å². The third kappa shape index (κ3) is 2.21. The van der Waals surface area contributed by atoms with Crippen LogP contribution in [0.5, 0.6) is 0 Å². The van der Waals surface area contributed by atoms with Crippen LogP contribution in [0, 0.1) is 10.1 Å². The van der Waals surface area contributed by atoms with E-state index in [9.17, 15) is 10.1 Å². The summed E-state index contributed by atoms with van der Waals surface area (Å²) in [5.41, 5.74) is 0. The second-order valence-corrected chi connectivity index (χ2v) is 6.52. The van der Waals surface area contributed by atoms with Gasteiger partial charge in [-0.2, -0.15) is 0 Å². The molecule has 4 rings (SSSR count). The normalized spacial score (nSPS) is 18.1. The first-order valence-corrected chi connectivity index (χ1v) is 7.75. The standard InChI is InChI=1S/C12H14N6O2S/c1-16-6-13-10(18(19)20)11(16)21-12-15-14-9(7-2-3-7)17(12)8-4-5-8/h6-8H,2-5H2,1H3. The van der Waals surface area contributed by atoms with Crippen LogP contribution in [0.3, 0.4) is 0 Å². The van der Waals surface area contributed by atoms with E-state index < -0.39 is 4.92 Å². The number of hydrogen-bond donors (Lipinski definition) is 0. The predicted molar refractivity (Wildman–Crippen MR) is 74.3 cm³/mol. The van der Waals surface area contributed by atoms with Crippen LogP contribution in [-0.4, -0.2) is 29.2 Å². The molecule has 0 bridgehead atoms. The molecule has 0 N–H and O–H groups in total. The van der Waals surface area contributed by atoms with Crippen molar-refractivity contribution >= 4 is 17.6 Å². The van der Waals surface area contributed by atoms with Crippen LogP contribution in [0.15, 0.2) is 16.5 Å². The predicted octanol–water partition coefficient (Wildman–Crippen LogP) is 2.28. The molecule has 8 nitrogen and oxygen atoms in total. The molecule has 0 amide bonds. The van der Waals surface area contributed by atoms with Crippen molar-refractivity contribution in [2.75, 3.05) is 0 Å². The van der Waals surface area contributed by atoms with E-state index in [1.807, 2.05) is 0 Å². The molecule has 2 fully saturated rings. The van der Waals surface area contributed by atoms with Crippen molar-refractivity contribution in [1.29, 1.82) is 0 Å². The maximum Gasteiger partial charge on any atom is 0.396 e. The summed E-state index contributed by atoms with van der Waals surface area (Å²) < 4.78 is 3.84. The van der Waals surface area contributed by atoms with Gasteiger partial charge in [0.2, 0.25) is 6.33 Å². The molecule has 2 aliphatic rings. The molecule has 9 heteroatoms. The first-order valence-electron chi connectivity index (χ1n) is 6.93. The molecule has 21 heavy (non-hydrogen) atoms. The molecular weight excluding hydrogens is 292 g/mol. The van der Waals surface area contributed by atoms with Gasteiger partial charge >= 0.3 is 5.82 Å². The fourth-order valence-corrected chi connectivity index (χ4v) is 3.40. The van der Waals surface area contributed by atoms with Gasteiger partial charge < -0.3 is 19.2 Å². The molecular formula is C12H14N6O2S. The molecule has 0 atom stereocenters. The number of hydrogen-bond acceptors (Lipinski definition) is 6. The van der Waals surface area contributed by atoms with Gasteiger partial charge in [0.05, 0.1) is 0 Å². The highest BCUT2D eigenvalue weighted by molar-refractivity contribution is 7.99. The van der Waals surface area contributed by atoms with Gasteiger partial charge in [-0.3, -0.25) is 0 Å². The number of imidazole rings is 1. The highest BCUT2D eigenvalue weighted by atomic mass is 32.2. The second kappa shape index (κ2) is 4.55. The molecule has 2 aromatic heterocycles. The summed E-state index contributed by atoms with van der Waals surface area (Å²) in [7, 11) is 1.75. The third-order valence-corrected chi connectivity index (χ3v) is 4.90. The quantitative estimate of drug-likeness (QED) is 0.621. The van der Waals surface area contributed by atoms with Gasteiger partial charge in [0.15, 0.2) is 10.2 Å². The Morgan fingerprint density at radius 1 is 1.33 bits per heavy atom. The Labute approximate surface area is 124 Å². The van der Waals surface area contributed by atoms with Crippen molar-refractivity contribution in [1.82, 2.24) is 24.3 Å². The molecule has 2 saturated carbocycles. The third-order valence-electron chi connectivity index (χ3n) is 3.77. The Bertz CT molecular complexity index is 715. The van der Waals surface area contributed by atoms with Crippen LogP contribution >= 0.6 is 11.8 Å². The zero-order chi connectivity index (χ0) is 14.6. The maximum absolute atomic E-state index is 11.1. The Balaban J connectivity index is 1.71. The van der Waals surface area contributed by atoms with E-state index in [0.29, 0.717) is 17.0 Å². The van der Waals surface area contributed by atoms with Crippen molar-refractivity contribution in [3.05, 3.63) is 22.3 Å². The first-order chi connectivity index (χ1) is 10.1. The first kappa shape index (κ1) is 12.8. The van der Waals surface area contributed by atoms with Crippen LogP contribution < -0.4 is 0 Å².